The van der Waals surface area contributed by atoms with Crippen LogP contribution in [-0.2, 0) is 19.3 Å². The van der Waals surface area contributed by atoms with Gasteiger partial charge in [0.25, 0.3) is 0 Å². The number of aryl methyl sites for hydroxylation is 3. The molecule has 0 saturated heterocycles. The van der Waals surface area contributed by atoms with Gasteiger partial charge in [0.1, 0.15) is 5.82 Å². The van der Waals surface area contributed by atoms with E-state index in [1.807, 2.05) is 0 Å². The molecule has 144 valence electrons. The summed E-state index contributed by atoms with van der Waals surface area (Å²) in [5.74, 6) is 1.69. The van der Waals surface area contributed by atoms with E-state index in [1.54, 1.807) is 0 Å². The maximum Gasteiger partial charge on any atom is 0.110 e. The Labute approximate surface area is 172 Å². The van der Waals surface area contributed by atoms with E-state index in [0.717, 1.165) is 25.1 Å². The molecule has 0 atom stereocenters. The SMILES string of the molecule is CCCCc1c(Cc2ccccc2)nc(C)n2c1c(CCCl)c1ccccc12. The Bertz CT molecular complexity index is 1100. The van der Waals surface area contributed by atoms with Crippen molar-refractivity contribution in [1.82, 2.24) is 9.38 Å². The monoisotopic (exact) mass is 390 g/mol. The van der Waals surface area contributed by atoms with Gasteiger partial charge in [-0.3, -0.25) is 4.40 Å². The summed E-state index contributed by atoms with van der Waals surface area (Å²) in [6, 6.07) is 19.3. The Morgan fingerprint density at radius 3 is 2.43 bits per heavy atom. The second-order valence-electron chi connectivity index (χ2n) is 7.47. The highest BCUT2D eigenvalue weighted by atomic mass is 35.5. The summed E-state index contributed by atoms with van der Waals surface area (Å²) in [5, 5.41) is 1.31. The summed E-state index contributed by atoms with van der Waals surface area (Å²) >= 11 is 6.23. The fourth-order valence-corrected chi connectivity index (χ4v) is 4.50. The van der Waals surface area contributed by atoms with Crippen LogP contribution in [0.25, 0.3) is 16.4 Å². The van der Waals surface area contributed by atoms with Gasteiger partial charge < -0.3 is 0 Å². The summed E-state index contributed by atoms with van der Waals surface area (Å²) in [6.07, 6.45) is 5.16. The van der Waals surface area contributed by atoms with Crippen molar-refractivity contribution in [3.8, 4) is 0 Å². The van der Waals surface area contributed by atoms with Crippen LogP contribution in [0.2, 0.25) is 0 Å². The number of alkyl halides is 1. The molecular formula is C25H27ClN2. The summed E-state index contributed by atoms with van der Waals surface area (Å²) < 4.78 is 2.36. The molecule has 0 unspecified atom stereocenters. The topological polar surface area (TPSA) is 17.3 Å². The molecule has 0 saturated carbocycles. The van der Waals surface area contributed by atoms with Crippen molar-refractivity contribution >= 4 is 28.0 Å². The van der Waals surface area contributed by atoms with Gasteiger partial charge in [-0.2, -0.15) is 0 Å². The lowest BCUT2D eigenvalue weighted by molar-refractivity contribution is 0.775. The molecular weight excluding hydrogens is 364 g/mol. The van der Waals surface area contributed by atoms with Gasteiger partial charge >= 0.3 is 0 Å². The standard InChI is InChI=1S/C25H27ClN2/c1-3-4-12-22-23(17-19-10-6-5-7-11-19)27-18(2)28-24-14-9-8-13-20(24)21(15-16-26)25(22)28/h5-11,13-14H,3-4,12,15-17H2,1-2H3. The van der Waals surface area contributed by atoms with Crippen LogP contribution in [-0.4, -0.2) is 15.3 Å². The molecule has 2 heterocycles. The van der Waals surface area contributed by atoms with Crippen molar-refractivity contribution < 1.29 is 0 Å². The second kappa shape index (κ2) is 8.36. The molecule has 0 radical (unpaired) electrons. The van der Waals surface area contributed by atoms with Gasteiger partial charge in [0, 0.05) is 17.7 Å². The first kappa shape index (κ1) is 19.0. The van der Waals surface area contributed by atoms with Crippen molar-refractivity contribution in [2.75, 3.05) is 5.88 Å². The van der Waals surface area contributed by atoms with Crippen LogP contribution in [0.15, 0.2) is 54.6 Å². The molecule has 2 nitrogen and oxygen atoms in total. The Kier molecular flexibility index (Phi) is 5.68. The zero-order valence-electron chi connectivity index (χ0n) is 16.7. The highest BCUT2D eigenvalue weighted by Crippen LogP contribution is 2.33. The number of fused-ring (bicyclic) bond motifs is 3. The second-order valence-corrected chi connectivity index (χ2v) is 7.85. The zero-order chi connectivity index (χ0) is 19.5. The summed E-state index contributed by atoms with van der Waals surface area (Å²) in [5.41, 5.74) is 7.87. The molecule has 0 aliphatic heterocycles. The molecule has 0 fully saturated rings. The lowest BCUT2D eigenvalue weighted by Gasteiger charge is -2.15. The molecule has 0 aliphatic carbocycles. The molecule has 2 aromatic heterocycles. The Balaban J connectivity index is 2.02. The van der Waals surface area contributed by atoms with E-state index in [4.69, 9.17) is 16.6 Å². The number of para-hydroxylation sites is 1. The predicted octanol–water partition coefficient (Wildman–Crippen LogP) is 6.51. The number of aromatic nitrogens is 2. The van der Waals surface area contributed by atoms with E-state index in [9.17, 15) is 0 Å². The van der Waals surface area contributed by atoms with Crippen LogP contribution in [0.1, 0.15) is 48.0 Å². The van der Waals surface area contributed by atoms with Crippen LogP contribution >= 0.6 is 11.6 Å². The largest absolute Gasteiger partial charge is 0.297 e. The smallest absolute Gasteiger partial charge is 0.110 e. The normalized spacial score (nSPS) is 11.5. The number of hydrogen-bond donors (Lipinski definition) is 0. The molecule has 0 bridgehead atoms. The minimum atomic E-state index is 0.631. The molecule has 4 rings (SSSR count). The van der Waals surface area contributed by atoms with Crippen molar-refractivity contribution in [2.24, 2.45) is 0 Å². The van der Waals surface area contributed by atoms with Gasteiger partial charge in [0.15, 0.2) is 0 Å². The first-order valence-electron chi connectivity index (χ1n) is 10.2. The van der Waals surface area contributed by atoms with Crippen molar-refractivity contribution in [2.45, 2.75) is 46.0 Å². The maximum absolute atomic E-state index is 6.23. The number of unbranched alkanes of at least 4 members (excludes halogenated alkanes) is 1. The predicted molar refractivity (Wildman–Crippen MR) is 120 cm³/mol. The fourth-order valence-electron chi connectivity index (χ4n) is 4.31. The first-order chi connectivity index (χ1) is 13.7. The fraction of sp³-hybridized carbons (Fsp3) is 0.320. The van der Waals surface area contributed by atoms with Crippen LogP contribution in [0, 0.1) is 6.92 Å². The first-order valence-corrected chi connectivity index (χ1v) is 10.8. The highest BCUT2D eigenvalue weighted by Gasteiger charge is 2.20. The average molecular weight is 391 g/mol. The van der Waals surface area contributed by atoms with Crippen LogP contribution < -0.4 is 0 Å². The number of nitrogens with zero attached hydrogens (tertiary/aromatic N) is 2. The van der Waals surface area contributed by atoms with E-state index >= 15 is 0 Å². The van der Waals surface area contributed by atoms with Gasteiger partial charge in [-0.15, -0.1) is 11.6 Å². The van der Waals surface area contributed by atoms with Gasteiger partial charge in [0.2, 0.25) is 0 Å². The van der Waals surface area contributed by atoms with E-state index in [0.29, 0.717) is 5.88 Å². The van der Waals surface area contributed by atoms with E-state index in [-0.39, 0.29) is 0 Å². The number of halogens is 1. The quantitative estimate of drug-likeness (QED) is 0.329. The number of benzene rings is 2. The van der Waals surface area contributed by atoms with E-state index in [2.05, 4.69) is 72.8 Å². The highest BCUT2D eigenvalue weighted by molar-refractivity contribution is 6.18. The lowest BCUT2D eigenvalue weighted by Crippen LogP contribution is -2.08. The third-order valence-corrected chi connectivity index (χ3v) is 5.76. The molecule has 2 aromatic carbocycles. The average Bonchev–Trinajstić information content (AvgIpc) is 3.04. The Morgan fingerprint density at radius 1 is 0.929 bits per heavy atom. The molecule has 4 aromatic rings. The van der Waals surface area contributed by atoms with E-state index < -0.39 is 0 Å². The van der Waals surface area contributed by atoms with Gasteiger partial charge in [-0.25, -0.2) is 4.98 Å². The third-order valence-electron chi connectivity index (χ3n) is 5.57. The van der Waals surface area contributed by atoms with Crippen molar-refractivity contribution in [3.63, 3.8) is 0 Å². The summed E-state index contributed by atoms with van der Waals surface area (Å²) in [4.78, 5) is 5.10. The molecule has 0 aliphatic rings. The van der Waals surface area contributed by atoms with Crippen molar-refractivity contribution in [1.29, 1.82) is 0 Å². The number of hydrogen-bond acceptors (Lipinski definition) is 1. The Morgan fingerprint density at radius 2 is 1.68 bits per heavy atom. The van der Waals surface area contributed by atoms with Gasteiger partial charge in [-0.1, -0.05) is 61.9 Å². The van der Waals surface area contributed by atoms with Crippen LogP contribution in [0.4, 0.5) is 0 Å². The molecule has 3 heteroatoms. The molecule has 28 heavy (non-hydrogen) atoms. The number of rotatable bonds is 7. The van der Waals surface area contributed by atoms with E-state index in [1.165, 1.54) is 51.6 Å². The van der Waals surface area contributed by atoms with Gasteiger partial charge in [0.05, 0.1) is 16.7 Å². The summed E-state index contributed by atoms with van der Waals surface area (Å²) in [6.45, 7) is 4.38. The molecule has 0 N–H and O–H groups in total. The lowest BCUT2D eigenvalue weighted by atomic mass is 9.98. The molecule has 0 amide bonds. The third kappa shape index (κ3) is 3.42. The van der Waals surface area contributed by atoms with Gasteiger partial charge in [-0.05, 0) is 48.9 Å². The zero-order valence-corrected chi connectivity index (χ0v) is 17.5. The van der Waals surface area contributed by atoms with Crippen molar-refractivity contribution in [3.05, 3.63) is 82.8 Å². The summed E-state index contributed by atoms with van der Waals surface area (Å²) in [7, 11) is 0. The minimum absolute atomic E-state index is 0.631. The maximum atomic E-state index is 6.23. The Hall–Kier alpha value is -2.32. The minimum Gasteiger partial charge on any atom is -0.297 e. The van der Waals surface area contributed by atoms with Crippen LogP contribution in [0.3, 0.4) is 0 Å². The van der Waals surface area contributed by atoms with Crippen LogP contribution in [0.5, 0.6) is 0 Å². The molecule has 0 spiro atoms.